The van der Waals surface area contributed by atoms with E-state index in [0.29, 0.717) is 28.7 Å². The van der Waals surface area contributed by atoms with Crippen LogP contribution < -0.4 is 0 Å². The van der Waals surface area contributed by atoms with Crippen LogP contribution in [0.15, 0.2) is 48.7 Å². The van der Waals surface area contributed by atoms with E-state index in [-0.39, 0.29) is 54.3 Å². The molecule has 204 valence electrons. The Hall–Kier alpha value is -3.90. The van der Waals surface area contributed by atoms with Crippen LogP contribution in [0.3, 0.4) is 0 Å². The Balaban J connectivity index is 1.44. The highest BCUT2D eigenvalue weighted by Gasteiger charge is 2.39. The molecule has 2 aromatic carbocycles. The molecular formula is C27H24F5N5O2. The first kappa shape index (κ1) is 26.7. The molecule has 5 rings (SSSR count). The fourth-order valence-corrected chi connectivity index (χ4v) is 4.80. The van der Waals surface area contributed by atoms with Gasteiger partial charge in [-0.25, -0.2) is 18.3 Å². The molecule has 0 spiro atoms. The van der Waals surface area contributed by atoms with Crippen LogP contribution in [-0.2, 0) is 19.3 Å². The predicted molar refractivity (Wildman–Crippen MR) is 132 cm³/mol. The number of hydrogen-bond donors (Lipinski definition) is 1. The molecule has 0 unspecified atom stereocenters. The van der Waals surface area contributed by atoms with Crippen LogP contribution in [0.2, 0.25) is 0 Å². The smallest absolute Gasteiger partial charge is 0.392 e. The van der Waals surface area contributed by atoms with Gasteiger partial charge in [-0.15, -0.1) is 0 Å². The van der Waals surface area contributed by atoms with Crippen molar-refractivity contribution in [1.82, 2.24) is 24.4 Å². The number of carbonyl (C=O) groups excluding carboxylic acids is 1. The van der Waals surface area contributed by atoms with E-state index in [0.717, 1.165) is 12.3 Å². The number of aromatic nitrogens is 3. The number of aliphatic hydroxyl groups excluding tert-OH is 1. The molecule has 1 aliphatic rings. The quantitative estimate of drug-likeness (QED) is 0.375. The normalized spacial score (nSPS) is 14.8. The molecule has 1 N–H and O–H groups in total. The van der Waals surface area contributed by atoms with Crippen LogP contribution in [0.25, 0.3) is 16.9 Å². The Morgan fingerprint density at radius 2 is 1.72 bits per heavy atom. The minimum atomic E-state index is -4.77. The van der Waals surface area contributed by atoms with E-state index >= 15 is 0 Å². The van der Waals surface area contributed by atoms with Gasteiger partial charge >= 0.3 is 6.18 Å². The van der Waals surface area contributed by atoms with E-state index in [9.17, 15) is 31.9 Å². The second-order valence-electron chi connectivity index (χ2n) is 9.36. The zero-order valence-corrected chi connectivity index (χ0v) is 20.8. The Morgan fingerprint density at radius 3 is 2.36 bits per heavy atom. The Morgan fingerprint density at radius 1 is 1.03 bits per heavy atom. The molecule has 12 heteroatoms. The van der Waals surface area contributed by atoms with Crippen molar-refractivity contribution in [3.8, 4) is 11.3 Å². The summed E-state index contributed by atoms with van der Waals surface area (Å²) in [5.41, 5.74) is -0.223. The summed E-state index contributed by atoms with van der Waals surface area (Å²) in [5.74, 6) is -2.36. The van der Waals surface area contributed by atoms with E-state index in [2.05, 4.69) is 10.1 Å². The van der Waals surface area contributed by atoms with Gasteiger partial charge in [0.1, 0.15) is 5.56 Å². The van der Waals surface area contributed by atoms with Crippen molar-refractivity contribution >= 4 is 11.6 Å². The third-order valence-electron chi connectivity index (χ3n) is 6.88. The van der Waals surface area contributed by atoms with Crippen molar-refractivity contribution in [1.29, 1.82) is 0 Å². The lowest BCUT2D eigenvalue weighted by Gasteiger charge is -2.34. The van der Waals surface area contributed by atoms with Crippen LogP contribution >= 0.6 is 0 Å². The summed E-state index contributed by atoms with van der Waals surface area (Å²) in [4.78, 5) is 21.2. The van der Waals surface area contributed by atoms with Gasteiger partial charge in [0.15, 0.2) is 23.0 Å². The maximum atomic E-state index is 14.2. The number of amides is 1. The van der Waals surface area contributed by atoms with Crippen molar-refractivity contribution in [3.63, 3.8) is 0 Å². The van der Waals surface area contributed by atoms with Gasteiger partial charge in [-0.1, -0.05) is 36.4 Å². The first-order valence-electron chi connectivity index (χ1n) is 12.2. The Bertz CT molecular complexity index is 1530. The van der Waals surface area contributed by atoms with Crippen LogP contribution in [0, 0.1) is 18.6 Å². The summed E-state index contributed by atoms with van der Waals surface area (Å²) in [7, 11) is 0. The van der Waals surface area contributed by atoms with E-state index in [1.807, 2.05) is 4.90 Å². The molecule has 3 heterocycles. The lowest BCUT2D eigenvalue weighted by molar-refractivity contribution is -0.143. The SMILES string of the molecule is Cc1c(-c2ccc(CO)cc2)nc2c(C(=O)N3CCN(Cc4cccc(F)c4F)CC3)cnn2c1C(F)(F)F. The summed E-state index contributed by atoms with van der Waals surface area (Å²) in [6.07, 6.45) is -3.68. The van der Waals surface area contributed by atoms with E-state index in [1.165, 1.54) is 24.0 Å². The summed E-state index contributed by atoms with van der Waals surface area (Å²) in [5, 5.41) is 13.2. The van der Waals surface area contributed by atoms with E-state index in [4.69, 9.17) is 0 Å². The minimum absolute atomic E-state index is 0.0517. The molecule has 4 aromatic rings. The Kier molecular flexibility index (Phi) is 7.08. The van der Waals surface area contributed by atoms with Crippen molar-refractivity contribution in [2.45, 2.75) is 26.3 Å². The highest BCUT2D eigenvalue weighted by Crippen LogP contribution is 2.36. The molecule has 7 nitrogen and oxygen atoms in total. The number of nitrogens with zero attached hydrogens (tertiary/aromatic N) is 5. The van der Waals surface area contributed by atoms with Gasteiger partial charge in [0.25, 0.3) is 5.91 Å². The summed E-state index contributed by atoms with van der Waals surface area (Å²) in [6, 6.07) is 10.3. The monoisotopic (exact) mass is 545 g/mol. The molecule has 1 aliphatic heterocycles. The molecule has 2 aromatic heterocycles. The second kappa shape index (κ2) is 10.3. The maximum Gasteiger partial charge on any atom is 0.433 e. The van der Waals surface area contributed by atoms with Gasteiger partial charge in [0.05, 0.1) is 18.5 Å². The van der Waals surface area contributed by atoms with Crippen LogP contribution in [-0.4, -0.2) is 61.6 Å². The standard InChI is InChI=1S/C27H24F5N5O2/c1-16-23(18-7-5-17(15-38)6-8-18)34-25-20(13-33-37(25)24(16)27(30,31)32)26(39)36-11-9-35(10-12-36)14-19-3-2-4-21(28)22(19)29/h2-8,13,38H,9-12,14-15H2,1H3. The zero-order chi connectivity index (χ0) is 27.9. The van der Waals surface area contributed by atoms with E-state index < -0.39 is 29.4 Å². The lowest BCUT2D eigenvalue weighted by atomic mass is 10.0. The predicted octanol–water partition coefficient (Wildman–Crippen LogP) is 4.45. The van der Waals surface area contributed by atoms with Crippen molar-refractivity contribution in [2.24, 2.45) is 0 Å². The summed E-state index contributed by atoms with van der Waals surface area (Å²) >= 11 is 0. The fraction of sp³-hybridized carbons (Fsp3) is 0.296. The number of benzene rings is 2. The third-order valence-corrected chi connectivity index (χ3v) is 6.88. The molecule has 0 atom stereocenters. The number of rotatable bonds is 5. The molecule has 1 fully saturated rings. The van der Waals surface area contributed by atoms with Crippen LogP contribution in [0.1, 0.15) is 32.7 Å². The Labute approximate surface area is 220 Å². The van der Waals surface area contributed by atoms with Crippen molar-refractivity contribution < 1.29 is 31.9 Å². The zero-order valence-electron chi connectivity index (χ0n) is 20.8. The van der Waals surface area contributed by atoms with Crippen LogP contribution in [0.5, 0.6) is 0 Å². The van der Waals surface area contributed by atoms with E-state index in [1.54, 1.807) is 24.3 Å². The first-order chi connectivity index (χ1) is 18.6. The topological polar surface area (TPSA) is 74.0 Å². The molecule has 1 saturated heterocycles. The number of hydrogen-bond acceptors (Lipinski definition) is 5. The molecule has 39 heavy (non-hydrogen) atoms. The largest absolute Gasteiger partial charge is 0.433 e. The number of fused-ring (bicyclic) bond motifs is 1. The molecule has 1 amide bonds. The lowest BCUT2D eigenvalue weighted by Crippen LogP contribution is -2.48. The van der Waals surface area contributed by atoms with Gasteiger partial charge < -0.3 is 10.0 Å². The van der Waals surface area contributed by atoms with Gasteiger partial charge in [0, 0.05) is 49.4 Å². The molecule has 0 bridgehead atoms. The number of aliphatic hydroxyl groups is 1. The molecular weight excluding hydrogens is 521 g/mol. The average molecular weight is 546 g/mol. The third kappa shape index (κ3) is 5.09. The first-order valence-corrected chi connectivity index (χ1v) is 12.2. The highest BCUT2D eigenvalue weighted by molar-refractivity contribution is 6.00. The minimum Gasteiger partial charge on any atom is -0.392 e. The van der Waals surface area contributed by atoms with Gasteiger partial charge in [-0.3, -0.25) is 9.69 Å². The van der Waals surface area contributed by atoms with Crippen molar-refractivity contribution in [3.05, 3.63) is 88.2 Å². The van der Waals surface area contributed by atoms with Gasteiger partial charge in [-0.2, -0.15) is 18.3 Å². The number of carbonyl (C=O) groups is 1. The average Bonchev–Trinajstić information content (AvgIpc) is 3.33. The summed E-state index contributed by atoms with van der Waals surface area (Å²) < 4.78 is 70.7. The number of piperazine rings is 1. The molecule has 0 saturated carbocycles. The summed E-state index contributed by atoms with van der Waals surface area (Å²) in [6.45, 7) is 2.45. The van der Waals surface area contributed by atoms with Gasteiger partial charge in [0.2, 0.25) is 0 Å². The maximum absolute atomic E-state index is 14.2. The number of alkyl halides is 3. The van der Waals surface area contributed by atoms with Crippen LogP contribution in [0.4, 0.5) is 22.0 Å². The second-order valence-corrected chi connectivity index (χ2v) is 9.36. The van der Waals surface area contributed by atoms with Gasteiger partial charge in [-0.05, 0) is 18.6 Å². The number of halogens is 5. The molecule has 0 aliphatic carbocycles. The highest BCUT2D eigenvalue weighted by atomic mass is 19.4. The fourth-order valence-electron chi connectivity index (χ4n) is 4.80. The van der Waals surface area contributed by atoms with Crippen molar-refractivity contribution in [2.75, 3.05) is 26.2 Å². The molecule has 0 radical (unpaired) electrons.